The Morgan fingerprint density at radius 3 is 2.88 bits per heavy atom. The van der Waals surface area contributed by atoms with Crippen LogP contribution in [0.2, 0.25) is 0 Å². The number of hydrogen-bond acceptors (Lipinski definition) is 4. The number of hydrazine groups is 1. The Balaban J connectivity index is 1.65. The Labute approximate surface area is 141 Å². The van der Waals surface area contributed by atoms with Gasteiger partial charge in [-0.15, -0.1) is 0 Å². The minimum atomic E-state index is -0.133. The highest BCUT2D eigenvalue weighted by atomic mass is 16.5. The van der Waals surface area contributed by atoms with Gasteiger partial charge in [-0.25, -0.2) is 5.84 Å². The number of benzene rings is 2. The third-order valence-corrected chi connectivity index (χ3v) is 4.28. The standard InChI is InChI=1S/C19H22N2O3/c20-21-19(22)9-6-15-10-11-23-18-12-16(7-8-17(15)18)24-13-14-4-2-1-3-5-14/h1-5,7-8,12,15H,6,9-11,13,20H2,(H,21,22). The van der Waals surface area contributed by atoms with Crippen LogP contribution >= 0.6 is 0 Å². The summed E-state index contributed by atoms with van der Waals surface area (Å²) in [6.45, 7) is 1.18. The van der Waals surface area contributed by atoms with Crippen LogP contribution in [0.5, 0.6) is 11.5 Å². The maximum Gasteiger partial charge on any atom is 0.233 e. The first kappa shape index (κ1) is 16.3. The van der Waals surface area contributed by atoms with Crippen molar-refractivity contribution in [3.05, 3.63) is 59.7 Å². The Kier molecular flexibility index (Phi) is 5.33. The van der Waals surface area contributed by atoms with Gasteiger partial charge < -0.3 is 9.47 Å². The maximum atomic E-state index is 11.4. The molecular weight excluding hydrogens is 304 g/mol. The average Bonchev–Trinajstić information content (AvgIpc) is 2.65. The van der Waals surface area contributed by atoms with Gasteiger partial charge in [0.15, 0.2) is 0 Å². The van der Waals surface area contributed by atoms with E-state index in [-0.39, 0.29) is 5.91 Å². The molecule has 1 aliphatic rings. The molecular formula is C19H22N2O3. The van der Waals surface area contributed by atoms with Crippen molar-refractivity contribution in [3.8, 4) is 11.5 Å². The van der Waals surface area contributed by atoms with Crippen molar-refractivity contribution in [2.45, 2.75) is 31.8 Å². The number of ether oxygens (including phenoxy) is 2. The second-order valence-electron chi connectivity index (χ2n) is 5.91. The van der Waals surface area contributed by atoms with Gasteiger partial charge in [0.25, 0.3) is 0 Å². The van der Waals surface area contributed by atoms with Crippen molar-refractivity contribution in [1.82, 2.24) is 5.43 Å². The van der Waals surface area contributed by atoms with E-state index in [0.717, 1.165) is 35.5 Å². The molecule has 0 spiro atoms. The summed E-state index contributed by atoms with van der Waals surface area (Å²) in [7, 11) is 0. The minimum absolute atomic E-state index is 0.133. The molecule has 1 aliphatic heterocycles. The second-order valence-corrected chi connectivity index (χ2v) is 5.91. The molecule has 0 bridgehead atoms. The predicted molar refractivity (Wildman–Crippen MR) is 91.6 cm³/mol. The van der Waals surface area contributed by atoms with E-state index in [1.165, 1.54) is 0 Å². The zero-order chi connectivity index (χ0) is 16.8. The van der Waals surface area contributed by atoms with E-state index >= 15 is 0 Å². The molecule has 5 nitrogen and oxygen atoms in total. The van der Waals surface area contributed by atoms with Gasteiger partial charge in [-0.3, -0.25) is 10.2 Å². The van der Waals surface area contributed by atoms with Crippen LogP contribution in [0.4, 0.5) is 0 Å². The van der Waals surface area contributed by atoms with Crippen molar-refractivity contribution < 1.29 is 14.3 Å². The Morgan fingerprint density at radius 2 is 2.08 bits per heavy atom. The Hall–Kier alpha value is -2.53. The quantitative estimate of drug-likeness (QED) is 0.486. The summed E-state index contributed by atoms with van der Waals surface area (Å²) < 4.78 is 11.6. The molecule has 1 unspecified atom stereocenters. The molecule has 1 heterocycles. The molecule has 3 rings (SSSR count). The highest BCUT2D eigenvalue weighted by Gasteiger charge is 2.22. The van der Waals surface area contributed by atoms with Gasteiger partial charge in [0.1, 0.15) is 18.1 Å². The molecule has 0 radical (unpaired) electrons. The zero-order valence-corrected chi connectivity index (χ0v) is 13.5. The first-order chi connectivity index (χ1) is 11.8. The van der Waals surface area contributed by atoms with Crippen LogP contribution in [-0.2, 0) is 11.4 Å². The van der Waals surface area contributed by atoms with Crippen LogP contribution in [0, 0.1) is 0 Å². The number of carbonyl (C=O) groups excluding carboxylic acids is 1. The molecule has 0 saturated carbocycles. The molecule has 1 atom stereocenters. The molecule has 5 heteroatoms. The predicted octanol–water partition coefficient (Wildman–Crippen LogP) is 2.90. The van der Waals surface area contributed by atoms with Crippen LogP contribution in [-0.4, -0.2) is 12.5 Å². The lowest BCUT2D eigenvalue weighted by Gasteiger charge is -2.26. The van der Waals surface area contributed by atoms with Gasteiger partial charge in [0.05, 0.1) is 6.61 Å². The number of fused-ring (bicyclic) bond motifs is 1. The van der Waals surface area contributed by atoms with Gasteiger partial charge in [-0.1, -0.05) is 36.4 Å². The summed E-state index contributed by atoms with van der Waals surface area (Å²) in [5, 5.41) is 0. The van der Waals surface area contributed by atoms with Crippen molar-refractivity contribution in [1.29, 1.82) is 0 Å². The Bertz CT molecular complexity index is 688. The second kappa shape index (κ2) is 7.84. The summed E-state index contributed by atoms with van der Waals surface area (Å²) in [5.41, 5.74) is 4.44. The van der Waals surface area contributed by atoms with Crippen LogP contribution < -0.4 is 20.7 Å². The summed E-state index contributed by atoms with van der Waals surface area (Å²) in [6.07, 6.45) is 2.10. The molecule has 2 aromatic rings. The number of nitrogens with two attached hydrogens (primary N) is 1. The van der Waals surface area contributed by atoms with Crippen LogP contribution in [0.15, 0.2) is 48.5 Å². The fourth-order valence-corrected chi connectivity index (χ4v) is 2.95. The molecule has 24 heavy (non-hydrogen) atoms. The summed E-state index contributed by atoms with van der Waals surface area (Å²) in [5.74, 6) is 6.96. The zero-order valence-electron chi connectivity index (χ0n) is 13.5. The van der Waals surface area contributed by atoms with Crippen molar-refractivity contribution in [2.75, 3.05) is 6.61 Å². The van der Waals surface area contributed by atoms with E-state index in [1.54, 1.807) is 0 Å². The molecule has 126 valence electrons. The molecule has 0 aliphatic carbocycles. The number of hydrogen-bond donors (Lipinski definition) is 2. The minimum Gasteiger partial charge on any atom is -0.493 e. The SMILES string of the molecule is NNC(=O)CCC1CCOc2cc(OCc3ccccc3)ccc21. The van der Waals surface area contributed by atoms with E-state index in [2.05, 4.69) is 5.43 Å². The van der Waals surface area contributed by atoms with Gasteiger partial charge in [-0.05, 0) is 36.0 Å². The normalized spacial score (nSPS) is 16.0. The number of rotatable bonds is 6. The van der Waals surface area contributed by atoms with Gasteiger partial charge >= 0.3 is 0 Å². The van der Waals surface area contributed by atoms with Gasteiger partial charge in [0.2, 0.25) is 5.91 Å². The largest absolute Gasteiger partial charge is 0.493 e. The summed E-state index contributed by atoms with van der Waals surface area (Å²) in [4.78, 5) is 11.4. The monoisotopic (exact) mass is 326 g/mol. The molecule has 0 aromatic heterocycles. The van der Waals surface area contributed by atoms with Crippen molar-refractivity contribution in [3.63, 3.8) is 0 Å². The smallest absolute Gasteiger partial charge is 0.233 e. The molecule has 2 aromatic carbocycles. The lowest BCUT2D eigenvalue weighted by atomic mass is 9.89. The molecule has 0 saturated heterocycles. The number of amides is 1. The van der Waals surface area contributed by atoms with E-state index in [1.807, 2.05) is 48.5 Å². The van der Waals surface area contributed by atoms with Crippen LogP contribution in [0.3, 0.4) is 0 Å². The maximum absolute atomic E-state index is 11.4. The van der Waals surface area contributed by atoms with E-state index in [4.69, 9.17) is 15.3 Å². The lowest BCUT2D eigenvalue weighted by molar-refractivity contribution is -0.121. The summed E-state index contributed by atoms with van der Waals surface area (Å²) >= 11 is 0. The first-order valence-corrected chi connectivity index (χ1v) is 8.19. The highest BCUT2D eigenvalue weighted by molar-refractivity contribution is 5.75. The first-order valence-electron chi connectivity index (χ1n) is 8.19. The average molecular weight is 326 g/mol. The van der Waals surface area contributed by atoms with Crippen LogP contribution in [0.25, 0.3) is 0 Å². The Morgan fingerprint density at radius 1 is 1.25 bits per heavy atom. The van der Waals surface area contributed by atoms with E-state index in [9.17, 15) is 4.79 Å². The fraction of sp³-hybridized carbons (Fsp3) is 0.316. The van der Waals surface area contributed by atoms with Crippen molar-refractivity contribution >= 4 is 5.91 Å². The van der Waals surface area contributed by atoms with Crippen LogP contribution in [0.1, 0.15) is 36.3 Å². The van der Waals surface area contributed by atoms with E-state index in [0.29, 0.717) is 25.6 Å². The highest BCUT2D eigenvalue weighted by Crippen LogP contribution is 2.38. The topological polar surface area (TPSA) is 73.6 Å². The molecule has 0 fully saturated rings. The molecule has 1 amide bonds. The fourth-order valence-electron chi connectivity index (χ4n) is 2.95. The third kappa shape index (κ3) is 4.06. The number of carbonyl (C=O) groups is 1. The molecule has 3 N–H and O–H groups in total. The third-order valence-electron chi connectivity index (χ3n) is 4.28. The lowest BCUT2D eigenvalue weighted by Crippen LogP contribution is -2.30. The van der Waals surface area contributed by atoms with Crippen molar-refractivity contribution in [2.24, 2.45) is 5.84 Å². The van der Waals surface area contributed by atoms with Gasteiger partial charge in [-0.2, -0.15) is 0 Å². The number of nitrogens with one attached hydrogen (secondary N) is 1. The van der Waals surface area contributed by atoms with Gasteiger partial charge in [0, 0.05) is 12.5 Å². The summed E-state index contributed by atoms with van der Waals surface area (Å²) in [6, 6.07) is 16.0. The van der Waals surface area contributed by atoms with E-state index < -0.39 is 0 Å².